The summed E-state index contributed by atoms with van der Waals surface area (Å²) in [5.74, 6) is 0.330. The Bertz CT molecular complexity index is 573. The lowest BCUT2D eigenvalue weighted by atomic mass is 10.0. The molecule has 2 aromatic rings. The average Bonchev–Trinajstić information content (AvgIpc) is 2.40. The minimum atomic E-state index is 0.330. The van der Waals surface area contributed by atoms with Crippen LogP contribution in [-0.4, -0.2) is 17.9 Å². The van der Waals surface area contributed by atoms with Crippen molar-refractivity contribution in [1.29, 1.82) is 0 Å². The molecule has 0 heterocycles. The fraction of sp³-hybridized carbons (Fsp3) is 0.312. The highest BCUT2D eigenvalue weighted by molar-refractivity contribution is 5.98. The zero-order chi connectivity index (χ0) is 13.0. The molecule has 0 aliphatic heterocycles. The van der Waals surface area contributed by atoms with E-state index in [1.807, 2.05) is 30.3 Å². The Morgan fingerprint density at radius 2 is 1.94 bits per heavy atom. The van der Waals surface area contributed by atoms with Gasteiger partial charge in [-0.15, -0.1) is 0 Å². The number of nitrogens with zero attached hydrogens (tertiary/aromatic N) is 1. The lowest BCUT2D eigenvalue weighted by molar-refractivity contribution is 0.480. The van der Waals surface area contributed by atoms with E-state index in [4.69, 9.17) is 0 Å². The van der Waals surface area contributed by atoms with Crippen molar-refractivity contribution >= 4 is 17.0 Å². The molecule has 0 aliphatic carbocycles. The molecule has 2 aromatic carbocycles. The Morgan fingerprint density at radius 3 is 2.67 bits per heavy atom. The Hall–Kier alpha value is -1.83. The van der Waals surface area contributed by atoms with Crippen LogP contribution in [0.2, 0.25) is 0 Å². The number of aromatic hydroxyl groups is 1. The molecule has 0 bridgehead atoms. The van der Waals surface area contributed by atoms with Gasteiger partial charge in [0.1, 0.15) is 5.75 Å². The summed E-state index contributed by atoms with van der Waals surface area (Å²) >= 11 is 0. The van der Waals surface area contributed by atoms with Gasteiger partial charge in [-0.1, -0.05) is 37.6 Å². The second-order valence-corrected chi connectivity index (χ2v) is 4.57. The number of unbranched alkanes of at least 4 members (excludes halogenated alkanes) is 1. The normalized spacial score (nSPS) is 11.4. The van der Waals surface area contributed by atoms with E-state index < -0.39 is 0 Å². The van der Waals surface area contributed by atoms with Crippen LogP contribution in [0.3, 0.4) is 0 Å². The maximum Gasteiger partial charge on any atom is 0.132 e. The molecule has 2 heteroatoms. The van der Waals surface area contributed by atoms with Crippen molar-refractivity contribution in [2.24, 2.45) is 4.99 Å². The van der Waals surface area contributed by atoms with Gasteiger partial charge in [-0.3, -0.25) is 4.99 Å². The van der Waals surface area contributed by atoms with Crippen molar-refractivity contribution in [2.45, 2.75) is 26.7 Å². The van der Waals surface area contributed by atoms with Crippen molar-refractivity contribution in [3.63, 3.8) is 0 Å². The van der Waals surface area contributed by atoms with Crippen LogP contribution >= 0.6 is 0 Å². The molecule has 94 valence electrons. The minimum absolute atomic E-state index is 0.330. The van der Waals surface area contributed by atoms with E-state index in [9.17, 15) is 5.11 Å². The topological polar surface area (TPSA) is 32.6 Å². The van der Waals surface area contributed by atoms with Crippen molar-refractivity contribution in [1.82, 2.24) is 0 Å². The SMILES string of the molecule is CCCCN=Cc1cc(C)c2ccccc2c1O. The van der Waals surface area contributed by atoms with Gasteiger partial charge in [0.15, 0.2) is 0 Å². The molecule has 2 nitrogen and oxygen atoms in total. The quantitative estimate of drug-likeness (QED) is 0.635. The Labute approximate surface area is 108 Å². The van der Waals surface area contributed by atoms with Gasteiger partial charge in [-0.25, -0.2) is 0 Å². The first-order valence-corrected chi connectivity index (χ1v) is 6.45. The molecule has 18 heavy (non-hydrogen) atoms. The second kappa shape index (κ2) is 5.67. The number of hydrogen-bond acceptors (Lipinski definition) is 2. The highest BCUT2D eigenvalue weighted by Gasteiger charge is 2.06. The maximum atomic E-state index is 10.2. The van der Waals surface area contributed by atoms with Gasteiger partial charge in [0.25, 0.3) is 0 Å². The highest BCUT2D eigenvalue weighted by Crippen LogP contribution is 2.30. The summed E-state index contributed by atoms with van der Waals surface area (Å²) in [5.41, 5.74) is 1.97. The summed E-state index contributed by atoms with van der Waals surface area (Å²) in [5, 5.41) is 12.2. The monoisotopic (exact) mass is 241 g/mol. The number of fused-ring (bicyclic) bond motifs is 1. The number of phenols is 1. The van der Waals surface area contributed by atoms with Gasteiger partial charge in [-0.2, -0.15) is 0 Å². The number of rotatable bonds is 4. The zero-order valence-corrected chi connectivity index (χ0v) is 11.0. The molecule has 0 fully saturated rings. The van der Waals surface area contributed by atoms with Crippen LogP contribution in [0.5, 0.6) is 5.75 Å². The van der Waals surface area contributed by atoms with E-state index in [-0.39, 0.29) is 0 Å². The van der Waals surface area contributed by atoms with E-state index in [1.165, 1.54) is 5.56 Å². The molecule has 0 amide bonds. The molecule has 0 saturated heterocycles. The lowest BCUT2D eigenvalue weighted by Gasteiger charge is -2.07. The molecule has 0 spiro atoms. The van der Waals surface area contributed by atoms with Gasteiger partial charge < -0.3 is 5.11 Å². The average molecular weight is 241 g/mol. The Kier molecular flexibility index (Phi) is 3.98. The smallest absolute Gasteiger partial charge is 0.132 e. The van der Waals surface area contributed by atoms with Crippen molar-refractivity contribution < 1.29 is 5.11 Å². The van der Waals surface area contributed by atoms with Crippen LogP contribution in [0.4, 0.5) is 0 Å². The van der Waals surface area contributed by atoms with E-state index >= 15 is 0 Å². The first-order chi connectivity index (χ1) is 8.74. The third kappa shape index (κ3) is 2.53. The molecule has 0 unspecified atom stereocenters. The van der Waals surface area contributed by atoms with Crippen LogP contribution in [0.1, 0.15) is 30.9 Å². The summed E-state index contributed by atoms with van der Waals surface area (Å²) < 4.78 is 0. The first-order valence-electron chi connectivity index (χ1n) is 6.45. The summed E-state index contributed by atoms with van der Waals surface area (Å²) in [4.78, 5) is 4.36. The summed E-state index contributed by atoms with van der Waals surface area (Å²) in [7, 11) is 0. The second-order valence-electron chi connectivity index (χ2n) is 4.57. The highest BCUT2D eigenvalue weighted by atomic mass is 16.3. The molecule has 1 N–H and O–H groups in total. The fourth-order valence-corrected chi connectivity index (χ4v) is 2.08. The molecule has 0 aromatic heterocycles. The number of aliphatic imine (C=N–C) groups is 1. The third-order valence-corrected chi connectivity index (χ3v) is 3.12. The summed E-state index contributed by atoms with van der Waals surface area (Å²) in [6.07, 6.45) is 4.01. The van der Waals surface area contributed by atoms with Crippen molar-refractivity contribution in [3.8, 4) is 5.75 Å². The van der Waals surface area contributed by atoms with Crippen LogP contribution < -0.4 is 0 Å². The number of hydrogen-bond donors (Lipinski definition) is 1. The zero-order valence-electron chi connectivity index (χ0n) is 11.0. The maximum absolute atomic E-state index is 10.2. The molecule has 0 radical (unpaired) electrons. The van der Waals surface area contributed by atoms with Crippen LogP contribution in [-0.2, 0) is 0 Å². The largest absolute Gasteiger partial charge is 0.507 e. The van der Waals surface area contributed by atoms with Gasteiger partial charge in [0.05, 0.1) is 0 Å². The third-order valence-electron chi connectivity index (χ3n) is 3.12. The molecule has 2 rings (SSSR count). The summed E-state index contributed by atoms with van der Waals surface area (Å²) in [6.45, 7) is 5.03. The van der Waals surface area contributed by atoms with Gasteiger partial charge >= 0.3 is 0 Å². The fourth-order valence-electron chi connectivity index (χ4n) is 2.08. The standard InChI is InChI=1S/C16H19NO/c1-3-4-9-17-11-13-10-12(2)14-7-5-6-8-15(14)16(13)18/h5-8,10-11,18H,3-4,9H2,1-2H3. The number of phenolic OH excluding ortho intramolecular Hbond substituents is 1. The Morgan fingerprint density at radius 1 is 1.22 bits per heavy atom. The molecular formula is C16H19NO. The Balaban J connectivity index is 2.40. The first kappa shape index (κ1) is 12.6. The lowest BCUT2D eigenvalue weighted by Crippen LogP contribution is -1.89. The minimum Gasteiger partial charge on any atom is -0.507 e. The predicted octanol–water partition coefficient (Wildman–Crippen LogP) is 4.07. The molecule has 0 aliphatic rings. The molecule has 0 saturated carbocycles. The van der Waals surface area contributed by atoms with Gasteiger partial charge in [0, 0.05) is 23.7 Å². The molecular weight excluding hydrogens is 222 g/mol. The predicted molar refractivity (Wildman–Crippen MR) is 77.7 cm³/mol. The summed E-state index contributed by atoms with van der Waals surface area (Å²) in [6, 6.07) is 9.90. The van der Waals surface area contributed by atoms with Crippen molar-refractivity contribution in [3.05, 3.63) is 41.5 Å². The van der Waals surface area contributed by atoms with Crippen LogP contribution in [0.25, 0.3) is 10.8 Å². The van der Waals surface area contributed by atoms with E-state index in [0.29, 0.717) is 5.75 Å². The van der Waals surface area contributed by atoms with Crippen LogP contribution in [0.15, 0.2) is 35.3 Å². The van der Waals surface area contributed by atoms with Gasteiger partial charge in [0.2, 0.25) is 0 Å². The van der Waals surface area contributed by atoms with Crippen LogP contribution in [0, 0.1) is 6.92 Å². The van der Waals surface area contributed by atoms with E-state index in [1.54, 1.807) is 6.21 Å². The van der Waals surface area contributed by atoms with E-state index in [2.05, 4.69) is 18.8 Å². The van der Waals surface area contributed by atoms with Gasteiger partial charge in [-0.05, 0) is 30.4 Å². The van der Waals surface area contributed by atoms with Crippen molar-refractivity contribution in [2.75, 3.05) is 6.54 Å². The number of benzene rings is 2. The van der Waals surface area contributed by atoms with E-state index in [0.717, 1.165) is 35.7 Å². The molecule has 0 atom stereocenters. The number of aryl methyl sites for hydroxylation is 1.